The Morgan fingerprint density at radius 1 is 1.32 bits per heavy atom. The normalized spacial score (nSPS) is 37.5. The number of aromatic amines is 1. The van der Waals surface area contributed by atoms with Crippen LogP contribution in [0.25, 0.3) is 10.9 Å². The van der Waals surface area contributed by atoms with Crippen molar-refractivity contribution in [3.05, 3.63) is 36.0 Å². The van der Waals surface area contributed by atoms with Gasteiger partial charge in [-0.05, 0) is 11.6 Å². The van der Waals surface area contributed by atoms with Crippen LogP contribution in [0.1, 0.15) is 5.56 Å². The molecule has 0 radical (unpaired) electrons. The van der Waals surface area contributed by atoms with Crippen molar-refractivity contribution in [1.82, 2.24) is 4.98 Å². The Balaban J connectivity index is 1.76. The number of H-pyrrole nitrogens is 1. The number of fused-ring (bicyclic) bond motifs is 2. The molecular formula is C15H15NO6. The Hall–Kier alpha value is -1.93. The Bertz CT molecular complexity index is 757. The number of esters is 1. The van der Waals surface area contributed by atoms with E-state index in [0.29, 0.717) is 5.56 Å². The monoisotopic (exact) mass is 305 g/mol. The molecule has 0 aliphatic carbocycles. The second kappa shape index (κ2) is 4.30. The molecule has 7 heteroatoms. The van der Waals surface area contributed by atoms with Crippen LogP contribution in [0, 0.1) is 0 Å². The van der Waals surface area contributed by atoms with Gasteiger partial charge in [0.25, 0.3) is 0 Å². The van der Waals surface area contributed by atoms with Crippen molar-refractivity contribution in [3.63, 3.8) is 0 Å². The zero-order valence-electron chi connectivity index (χ0n) is 11.5. The quantitative estimate of drug-likeness (QED) is 0.554. The van der Waals surface area contributed by atoms with Gasteiger partial charge in [-0.1, -0.05) is 18.2 Å². The first-order chi connectivity index (χ1) is 10.5. The van der Waals surface area contributed by atoms with E-state index in [0.717, 1.165) is 10.9 Å². The summed E-state index contributed by atoms with van der Waals surface area (Å²) >= 11 is 0. The molecule has 0 bridgehead atoms. The Morgan fingerprint density at radius 2 is 2.09 bits per heavy atom. The maximum Gasteiger partial charge on any atom is 0.344 e. The fraction of sp³-hybridized carbons (Fsp3) is 0.400. The van der Waals surface area contributed by atoms with Crippen molar-refractivity contribution in [2.24, 2.45) is 0 Å². The molecule has 4 N–H and O–H groups in total. The van der Waals surface area contributed by atoms with Crippen molar-refractivity contribution in [1.29, 1.82) is 0 Å². The molecule has 1 aromatic carbocycles. The van der Waals surface area contributed by atoms with E-state index < -0.39 is 29.6 Å². The van der Waals surface area contributed by atoms with Crippen molar-refractivity contribution in [2.45, 2.75) is 30.0 Å². The maximum absolute atomic E-state index is 12.1. The van der Waals surface area contributed by atoms with Gasteiger partial charge in [-0.25, -0.2) is 4.79 Å². The number of hydrogen-bond acceptors (Lipinski definition) is 6. The van der Waals surface area contributed by atoms with Crippen LogP contribution in [0.15, 0.2) is 30.5 Å². The molecule has 116 valence electrons. The van der Waals surface area contributed by atoms with Gasteiger partial charge in [0.2, 0.25) is 11.4 Å². The third-order valence-electron chi connectivity index (χ3n) is 4.49. The number of hydrogen-bond donors (Lipinski definition) is 4. The summed E-state index contributed by atoms with van der Waals surface area (Å²) in [6.45, 7) is -0.204. The number of para-hydroxylation sites is 1. The van der Waals surface area contributed by atoms with E-state index in [2.05, 4.69) is 4.98 Å². The summed E-state index contributed by atoms with van der Waals surface area (Å²) in [5.74, 6) is -3.24. The summed E-state index contributed by atoms with van der Waals surface area (Å²) in [5.41, 5.74) is -0.766. The predicted molar refractivity (Wildman–Crippen MR) is 73.7 cm³/mol. The third-order valence-corrected chi connectivity index (χ3v) is 4.49. The number of carbonyl (C=O) groups excluding carboxylic acids is 1. The minimum atomic E-state index is -2.26. The van der Waals surface area contributed by atoms with Gasteiger partial charge >= 0.3 is 5.97 Å². The largest absolute Gasteiger partial charge is 0.451 e. The molecule has 7 nitrogen and oxygen atoms in total. The Labute approximate surface area is 125 Å². The highest BCUT2D eigenvalue weighted by atomic mass is 16.7. The first kappa shape index (κ1) is 13.7. The van der Waals surface area contributed by atoms with Crippen molar-refractivity contribution in [2.75, 3.05) is 6.61 Å². The fourth-order valence-corrected chi connectivity index (χ4v) is 3.27. The summed E-state index contributed by atoms with van der Waals surface area (Å²) in [5, 5.41) is 31.9. The van der Waals surface area contributed by atoms with E-state index in [1.54, 1.807) is 6.20 Å². The van der Waals surface area contributed by atoms with Crippen LogP contribution >= 0.6 is 0 Å². The second-order valence-electron chi connectivity index (χ2n) is 5.80. The van der Waals surface area contributed by atoms with Gasteiger partial charge in [-0.2, -0.15) is 0 Å². The van der Waals surface area contributed by atoms with E-state index in [-0.39, 0.29) is 13.0 Å². The van der Waals surface area contributed by atoms with E-state index >= 15 is 0 Å². The number of benzene rings is 1. The van der Waals surface area contributed by atoms with E-state index in [4.69, 9.17) is 9.47 Å². The van der Waals surface area contributed by atoms with Crippen molar-refractivity contribution in [3.8, 4) is 0 Å². The van der Waals surface area contributed by atoms with Gasteiger partial charge in [0.15, 0.2) is 6.10 Å². The zero-order valence-corrected chi connectivity index (χ0v) is 11.5. The minimum Gasteiger partial charge on any atom is -0.451 e. The number of rotatable bonds is 2. The molecule has 2 aliphatic heterocycles. The molecule has 0 amide bonds. The van der Waals surface area contributed by atoms with Gasteiger partial charge in [0, 0.05) is 23.5 Å². The second-order valence-corrected chi connectivity index (χ2v) is 5.80. The van der Waals surface area contributed by atoms with Crippen LogP contribution in [0.2, 0.25) is 0 Å². The first-order valence-corrected chi connectivity index (χ1v) is 6.98. The van der Waals surface area contributed by atoms with Crippen LogP contribution in [0.3, 0.4) is 0 Å². The molecule has 4 atom stereocenters. The average Bonchev–Trinajstić information content (AvgIpc) is 3.09. The number of aliphatic hydroxyl groups excluding tert-OH is 1. The highest BCUT2D eigenvalue weighted by Crippen LogP contribution is 2.45. The number of nitrogens with one attached hydrogen (secondary N) is 1. The lowest BCUT2D eigenvalue weighted by molar-refractivity contribution is -0.262. The zero-order chi connectivity index (χ0) is 15.5. The lowest BCUT2D eigenvalue weighted by atomic mass is 9.85. The molecule has 2 aliphatic rings. The molecule has 0 saturated carbocycles. The Morgan fingerprint density at radius 3 is 2.91 bits per heavy atom. The average molecular weight is 305 g/mol. The van der Waals surface area contributed by atoms with E-state index in [1.165, 1.54) is 0 Å². The summed E-state index contributed by atoms with van der Waals surface area (Å²) in [4.78, 5) is 15.1. The third kappa shape index (κ3) is 1.56. The van der Waals surface area contributed by atoms with Crippen LogP contribution in [0.4, 0.5) is 0 Å². The van der Waals surface area contributed by atoms with Gasteiger partial charge in [0.1, 0.15) is 6.10 Å². The van der Waals surface area contributed by atoms with Gasteiger partial charge < -0.3 is 29.8 Å². The van der Waals surface area contributed by atoms with Crippen LogP contribution < -0.4 is 0 Å². The molecule has 2 saturated heterocycles. The minimum absolute atomic E-state index is 0.185. The Kier molecular flexibility index (Phi) is 2.68. The van der Waals surface area contributed by atoms with Crippen molar-refractivity contribution >= 4 is 16.9 Å². The maximum atomic E-state index is 12.1. The summed E-state index contributed by atoms with van der Waals surface area (Å²) in [6, 6.07) is 7.41. The lowest BCUT2D eigenvalue weighted by Crippen LogP contribution is -2.59. The molecular weight excluding hydrogens is 290 g/mol. The summed E-state index contributed by atoms with van der Waals surface area (Å²) in [7, 11) is 0. The van der Waals surface area contributed by atoms with Crippen LogP contribution in [-0.2, 0) is 20.7 Å². The van der Waals surface area contributed by atoms with Crippen LogP contribution in [0.5, 0.6) is 0 Å². The topological polar surface area (TPSA) is 112 Å². The van der Waals surface area contributed by atoms with Crippen LogP contribution in [-0.4, -0.2) is 56.5 Å². The number of aromatic nitrogens is 1. The summed E-state index contributed by atoms with van der Waals surface area (Å²) in [6.07, 6.45) is -0.964. The molecule has 4 rings (SSSR count). The molecule has 2 fully saturated rings. The van der Waals surface area contributed by atoms with Crippen molar-refractivity contribution < 1.29 is 29.6 Å². The highest BCUT2D eigenvalue weighted by molar-refractivity contribution is 5.87. The van der Waals surface area contributed by atoms with Gasteiger partial charge in [-0.15, -0.1) is 0 Å². The predicted octanol–water partition coefficient (Wildman–Crippen LogP) is -0.553. The molecule has 1 unspecified atom stereocenters. The SMILES string of the molecule is O=C1O[C@@H]2[C@@H](O)CO[C@]2(O)C1(O)Cc1c[nH]c2ccccc12. The smallest absolute Gasteiger partial charge is 0.344 e. The first-order valence-electron chi connectivity index (χ1n) is 6.98. The van der Waals surface area contributed by atoms with E-state index in [9.17, 15) is 20.1 Å². The van der Waals surface area contributed by atoms with E-state index in [1.807, 2.05) is 24.3 Å². The molecule has 1 aromatic heterocycles. The van der Waals surface area contributed by atoms with Gasteiger partial charge in [0.05, 0.1) is 6.61 Å². The number of ether oxygens (including phenoxy) is 2. The standard InChI is InChI=1S/C15H15NO6/c17-11-7-21-15(20)12(11)22-13(18)14(15,19)5-8-6-16-10-4-2-1-3-9(8)10/h1-4,6,11-12,16-17,19-20H,5,7H2/t11-,12+,14?,15-/m0/s1. The lowest BCUT2D eigenvalue weighted by Gasteiger charge is -2.31. The van der Waals surface area contributed by atoms with Gasteiger partial charge in [-0.3, -0.25) is 0 Å². The molecule has 2 aromatic rings. The highest BCUT2D eigenvalue weighted by Gasteiger charge is 2.73. The molecule has 0 spiro atoms. The molecule has 22 heavy (non-hydrogen) atoms. The summed E-state index contributed by atoms with van der Waals surface area (Å²) < 4.78 is 10.1. The molecule has 3 heterocycles. The fourth-order valence-electron chi connectivity index (χ4n) is 3.27. The number of carbonyl (C=O) groups is 1. The number of aliphatic hydroxyl groups is 3.